The van der Waals surface area contributed by atoms with Crippen LogP contribution in [-0.4, -0.2) is 79.1 Å². The Bertz CT molecular complexity index is 929. The van der Waals surface area contributed by atoms with Crippen molar-refractivity contribution in [2.75, 3.05) is 63.3 Å². The summed E-state index contributed by atoms with van der Waals surface area (Å²) < 4.78 is 16.5. The van der Waals surface area contributed by atoms with E-state index in [9.17, 15) is 4.79 Å². The van der Waals surface area contributed by atoms with Crippen molar-refractivity contribution in [1.29, 1.82) is 0 Å². The van der Waals surface area contributed by atoms with E-state index in [-0.39, 0.29) is 0 Å². The third kappa shape index (κ3) is 8.47. The number of morpholine rings is 1. The number of nitrogens with one attached hydrogen (secondary N) is 3. The zero-order chi connectivity index (χ0) is 24.4. The van der Waals surface area contributed by atoms with Gasteiger partial charge in [0.05, 0.1) is 24.2 Å². The molecule has 3 rings (SSSR count). The van der Waals surface area contributed by atoms with E-state index < -0.39 is 11.7 Å². The van der Waals surface area contributed by atoms with Gasteiger partial charge in [-0.15, -0.1) is 0 Å². The van der Waals surface area contributed by atoms with E-state index in [0.29, 0.717) is 31.3 Å². The lowest BCUT2D eigenvalue weighted by atomic mass is 10.2. The molecular weight excluding hydrogens is 438 g/mol. The molecule has 0 spiro atoms. The Morgan fingerprint density at radius 2 is 1.85 bits per heavy atom. The highest BCUT2D eigenvalue weighted by molar-refractivity contribution is 5.81. The molecule has 0 unspecified atom stereocenters. The first-order chi connectivity index (χ1) is 16.3. The zero-order valence-electron chi connectivity index (χ0n) is 20.4. The van der Waals surface area contributed by atoms with Crippen LogP contribution in [0.5, 0.6) is 5.75 Å². The third-order valence-electron chi connectivity index (χ3n) is 5.12. The summed E-state index contributed by atoms with van der Waals surface area (Å²) in [5.74, 6) is 7.45. The summed E-state index contributed by atoms with van der Waals surface area (Å²) in [6, 6.07) is 5.65. The Labute approximate surface area is 200 Å². The average molecular weight is 476 g/mol. The summed E-state index contributed by atoms with van der Waals surface area (Å²) in [6.07, 6.45) is 1.21. The number of nitrogen functional groups attached to an aromatic ring is 1. The molecule has 0 aliphatic carbocycles. The van der Waals surface area contributed by atoms with Crippen LogP contribution in [0.3, 0.4) is 0 Å². The van der Waals surface area contributed by atoms with E-state index in [1.165, 1.54) is 0 Å². The Balaban J connectivity index is 1.48. The number of amides is 1. The summed E-state index contributed by atoms with van der Waals surface area (Å²) in [6.45, 7) is 11.6. The molecule has 2 aromatic rings. The van der Waals surface area contributed by atoms with E-state index in [1.54, 1.807) is 0 Å². The fraction of sp³-hybridized carbons (Fsp3) is 0.609. The molecule has 0 saturated carbocycles. The Hall–Kier alpha value is -2.89. The highest BCUT2D eigenvalue weighted by atomic mass is 16.6. The van der Waals surface area contributed by atoms with Crippen molar-refractivity contribution >= 4 is 28.8 Å². The number of unbranched alkanes of at least 4 members (excludes halogenated alkanes) is 1. The van der Waals surface area contributed by atoms with Crippen molar-refractivity contribution < 1.29 is 19.0 Å². The normalized spacial score (nSPS) is 14.6. The summed E-state index contributed by atoms with van der Waals surface area (Å²) in [5.41, 5.74) is 3.55. The second-order valence-corrected chi connectivity index (χ2v) is 9.08. The van der Waals surface area contributed by atoms with E-state index in [0.717, 1.165) is 62.5 Å². The van der Waals surface area contributed by atoms with Crippen LogP contribution >= 0.6 is 0 Å². The van der Waals surface area contributed by atoms with Gasteiger partial charge in [0.25, 0.3) is 0 Å². The van der Waals surface area contributed by atoms with Crippen LogP contribution in [0.2, 0.25) is 0 Å². The molecule has 0 bridgehead atoms. The standard InChI is InChI=1S/C23H37N7O4/c1-23(2,3)34-22(31)26-9-5-4-8-25-20-21(29-24)27-18-7-6-17(16-19(18)28-20)33-15-12-30-10-13-32-14-11-30/h6-7,16H,4-5,8-15,24H2,1-3H3,(H,25,28)(H,26,31)(H,27,29). The molecule has 1 aromatic heterocycles. The van der Waals surface area contributed by atoms with Gasteiger partial charge in [-0.25, -0.2) is 20.6 Å². The number of hydrazine groups is 1. The van der Waals surface area contributed by atoms with Crippen molar-refractivity contribution in [3.05, 3.63) is 18.2 Å². The van der Waals surface area contributed by atoms with Gasteiger partial charge < -0.3 is 30.3 Å². The molecule has 34 heavy (non-hydrogen) atoms. The van der Waals surface area contributed by atoms with Crippen LogP contribution in [0.1, 0.15) is 33.6 Å². The van der Waals surface area contributed by atoms with E-state index in [2.05, 4.69) is 30.9 Å². The molecule has 1 aromatic carbocycles. The lowest BCUT2D eigenvalue weighted by Crippen LogP contribution is -2.38. The van der Waals surface area contributed by atoms with Crippen molar-refractivity contribution in [2.45, 2.75) is 39.2 Å². The topological polar surface area (TPSA) is 136 Å². The largest absolute Gasteiger partial charge is 0.492 e. The smallest absolute Gasteiger partial charge is 0.407 e. The molecule has 2 heterocycles. The molecule has 1 fully saturated rings. The van der Waals surface area contributed by atoms with Crippen LogP contribution in [0.4, 0.5) is 16.4 Å². The first-order valence-corrected chi connectivity index (χ1v) is 11.8. The number of anilines is 2. The third-order valence-corrected chi connectivity index (χ3v) is 5.12. The van der Waals surface area contributed by atoms with Crippen molar-refractivity contribution in [3.8, 4) is 5.75 Å². The van der Waals surface area contributed by atoms with E-state index in [4.69, 9.17) is 20.1 Å². The Morgan fingerprint density at radius 3 is 2.59 bits per heavy atom. The van der Waals surface area contributed by atoms with Gasteiger partial charge in [-0.1, -0.05) is 0 Å². The number of hydrogen-bond donors (Lipinski definition) is 4. The summed E-state index contributed by atoms with van der Waals surface area (Å²) in [4.78, 5) is 23.2. The van der Waals surface area contributed by atoms with Crippen LogP contribution < -0.4 is 26.6 Å². The predicted molar refractivity (Wildman–Crippen MR) is 132 cm³/mol. The second kappa shape index (κ2) is 12.5. The predicted octanol–water partition coefficient (Wildman–Crippen LogP) is 2.34. The minimum atomic E-state index is -0.500. The maximum Gasteiger partial charge on any atom is 0.407 e. The number of alkyl carbamates (subject to hydrolysis) is 1. The average Bonchev–Trinajstić information content (AvgIpc) is 2.80. The number of rotatable bonds is 11. The van der Waals surface area contributed by atoms with Gasteiger partial charge in [0.2, 0.25) is 0 Å². The van der Waals surface area contributed by atoms with Crippen molar-refractivity contribution in [3.63, 3.8) is 0 Å². The summed E-state index contributed by atoms with van der Waals surface area (Å²) >= 11 is 0. The lowest BCUT2D eigenvalue weighted by Gasteiger charge is -2.26. The minimum Gasteiger partial charge on any atom is -0.492 e. The fourth-order valence-electron chi connectivity index (χ4n) is 3.43. The van der Waals surface area contributed by atoms with Gasteiger partial charge >= 0.3 is 6.09 Å². The van der Waals surface area contributed by atoms with Gasteiger partial charge in [0.15, 0.2) is 11.6 Å². The fourth-order valence-corrected chi connectivity index (χ4v) is 3.43. The molecule has 11 nitrogen and oxygen atoms in total. The number of hydrogen-bond acceptors (Lipinski definition) is 10. The SMILES string of the molecule is CC(C)(C)OC(=O)NCCCCNc1nc2cc(OCCN3CCOCC3)ccc2nc1NN. The van der Waals surface area contributed by atoms with Crippen molar-refractivity contribution in [2.24, 2.45) is 5.84 Å². The zero-order valence-corrected chi connectivity index (χ0v) is 20.4. The molecule has 188 valence electrons. The molecule has 0 radical (unpaired) electrons. The first kappa shape index (κ1) is 25.7. The van der Waals surface area contributed by atoms with Crippen LogP contribution in [-0.2, 0) is 9.47 Å². The Kier molecular flexibility index (Phi) is 9.49. The maximum absolute atomic E-state index is 11.7. The molecule has 5 N–H and O–H groups in total. The monoisotopic (exact) mass is 475 g/mol. The van der Waals surface area contributed by atoms with Crippen molar-refractivity contribution in [1.82, 2.24) is 20.2 Å². The maximum atomic E-state index is 11.7. The van der Waals surface area contributed by atoms with Crippen LogP contribution in [0.15, 0.2) is 18.2 Å². The molecule has 1 amide bonds. The molecule has 1 aliphatic rings. The number of ether oxygens (including phenoxy) is 3. The molecule has 11 heteroatoms. The molecule has 1 saturated heterocycles. The quantitative estimate of drug-likeness (QED) is 0.218. The van der Waals surface area contributed by atoms with Gasteiger partial charge in [0.1, 0.15) is 18.0 Å². The number of carbonyl (C=O) groups is 1. The minimum absolute atomic E-state index is 0.404. The van der Waals surface area contributed by atoms with Gasteiger partial charge in [0, 0.05) is 38.8 Å². The molecule has 1 aliphatic heterocycles. The number of nitrogens with two attached hydrogens (primary N) is 1. The summed E-state index contributed by atoms with van der Waals surface area (Å²) in [7, 11) is 0. The lowest BCUT2D eigenvalue weighted by molar-refractivity contribution is 0.0322. The highest BCUT2D eigenvalue weighted by Crippen LogP contribution is 2.24. The Morgan fingerprint density at radius 1 is 1.12 bits per heavy atom. The molecular formula is C23H37N7O4. The number of benzene rings is 1. The van der Waals surface area contributed by atoms with E-state index in [1.807, 2.05) is 39.0 Å². The number of fused-ring (bicyclic) bond motifs is 1. The van der Waals surface area contributed by atoms with Crippen LogP contribution in [0, 0.1) is 0 Å². The van der Waals surface area contributed by atoms with Gasteiger partial charge in [-0.2, -0.15) is 0 Å². The number of aromatic nitrogens is 2. The van der Waals surface area contributed by atoms with E-state index >= 15 is 0 Å². The van der Waals surface area contributed by atoms with Gasteiger partial charge in [-0.05, 0) is 45.7 Å². The first-order valence-electron chi connectivity index (χ1n) is 11.8. The summed E-state index contributed by atoms with van der Waals surface area (Å²) in [5, 5.41) is 6.03. The molecule has 0 atom stereocenters. The van der Waals surface area contributed by atoms with Gasteiger partial charge in [-0.3, -0.25) is 4.90 Å². The number of nitrogens with zero attached hydrogens (tertiary/aromatic N) is 3. The highest BCUT2D eigenvalue weighted by Gasteiger charge is 2.15. The number of carbonyl (C=O) groups excluding carboxylic acids is 1. The van der Waals surface area contributed by atoms with Crippen LogP contribution in [0.25, 0.3) is 11.0 Å². The second-order valence-electron chi connectivity index (χ2n) is 9.08.